The Morgan fingerprint density at radius 2 is 2.10 bits per heavy atom. The van der Waals surface area contributed by atoms with Crippen molar-refractivity contribution in [3.8, 4) is 0 Å². The zero-order chi connectivity index (χ0) is 14.8. The van der Waals surface area contributed by atoms with Crippen molar-refractivity contribution in [2.75, 3.05) is 23.7 Å². The van der Waals surface area contributed by atoms with Gasteiger partial charge in [0.15, 0.2) is 5.03 Å². The fraction of sp³-hybridized carbons (Fsp3) is 0.333. The topological polar surface area (TPSA) is 91.0 Å². The van der Waals surface area contributed by atoms with E-state index in [0.717, 1.165) is 5.69 Å². The van der Waals surface area contributed by atoms with Gasteiger partial charge in [-0.3, -0.25) is 9.71 Å². The van der Waals surface area contributed by atoms with Gasteiger partial charge in [-0.2, -0.15) is 8.42 Å². The molecule has 0 amide bonds. The van der Waals surface area contributed by atoms with Crippen molar-refractivity contribution in [3.05, 3.63) is 30.5 Å². The second-order valence-electron chi connectivity index (χ2n) is 4.44. The van der Waals surface area contributed by atoms with Crippen LogP contribution in [0.25, 0.3) is 0 Å². The van der Waals surface area contributed by atoms with Crippen LogP contribution in [0.15, 0.2) is 29.7 Å². The number of anilines is 2. The fourth-order valence-corrected chi connectivity index (χ4v) is 2.72. The fourth-order valence-electron chi connectivity index (χ4n) is 1.72. The van der Waals surface area contributed by atoms with Gasteiger partial charge in [0.2, 0.25) is 0 Å². The number of H-pyrrole nitrogens is 1. The van der Waals surface area contributed by atoms with Crippen molar-refractivity contribution in [2.24, 2.45) is 0 Å². The number of rotatable bonds is 5. The predicted molar refractivity (Wildman–Crippen MR) is 77.3 cm³/mol. The minimum Gasteiger partial charge on any atom is -0.376 e. The molecule has 0 atom stereocenters. The second kappa shape index (κ2) is 5.49. The van der Waals surface area contributed by atoms with Crippen LogP contribution < -0.4 is 9.62 Å². The third-order valence-electron chi connectivity index (χ3n) is 2.75. The lowest BCUT2D eigenvalue weighted by atomic mass is 10.3. The Balaban J connectivity index is 2.33. The molecule has 0 unspecified atom stereocenters. The molecule has 0 saturated carbocycles. The highest BCUT2D eigenvalue weighted by Crippen LogP contribution is 2.24. The van der Waals surface area contributed by atoms with Crippen LogP contribution in [-0.4, -0.2) is 37.5 Å². The van der Waals surface area contributed by atoms with Crippen molar-refractivity contribution in [1.29, 1.82) is 0 Å². The van der Waals surface area contributed by atoms with Crippen molar-refractivity contribution in [2.45, 2.75) is 18.4 Å². The highest BCUT2D eigenvalue weighted by atomic mass is 32.2. The average molecular weight is 295 g/mol. The molecule has 0 saturated heterocycles. The molecule has 0 bridgehead atoms. The maximum atomic E-state index is 12.3. The Bertz CT molecular complexity index is 693. The first kappa shape index (κ1) is 14.3. The molecule has 2 aromatic rings. The molecule has 0 spiro atoms. The number of nitrogens with one attached hydrogen (secondary N) is 2. The van der Waals surface area contributed by atoms with E-state index in [4.69, 9.17) is 0 Å². The van der Waals surface area contributed by atoms with E-state index in [1.165, 1.54) is 12.4 Å². The summed E-state index contributed by atoms with van der Waals surface area (Å²) in [5.41, 5.74) is 1.16. The zero-order valence-electron chi connectivity index (χ0n) is 11.6. The molecular weight excluding hydrogens is 278 g/mol. The third-order valence-corrected chi connectivity index (χ3v) is 4.03. The number of nitrogens with zero attached hydrogens (tertiary/aromatic N) is 3. The maximum Gasteiger partial charge on any atom is 0.279 e. The van der Waals surface area contributed by atoms with Gasteiger partial charge < -0.3 is 9.88 Å². The summed E-state index contributed by atoms with van der Waals surface area (Å²) in [6.07, 6.45) is 5.04. The molecule has 0 radical (unpaired) electrons. The van der Waals surface area contributed by atoms with Gasteiger partial charge in [-0.05, 0) is 6.07 Å². The molecule has 0 fully saturated rings. The van der Waals surface area contributed by atoms with Gasteiger partial charge >= 0.3 is 0 Å². The highest BCUT2D eigenvalue weighted by Gasteiger charge is 2.19. The van der Waals surface area contributed by atoms with Crippen molar-refractivity contribution < 1.29 is 8.42 Å². The Morgan fingerprint density at radius 3 is 2.70 bits per heavy atom. The highest BCUT2D eigenvalue weighted by molar-refractivity contribution is 7.92. The minimum atomic E-state index is -3.69. The lowest BCUT2D eigenvalue weighted by Gasteiger charge is -2.17. The number of sulfonamides is 1. The van der Waals surface area contributed by atoms with Crippen molar-refractivity contribution >= 4 is 21.4 Å². The van der Waals surface area contributed by atoms with E-state index >= 15 is 0 Å². The largest absolute Gasteiger partial charge is 0.376 e. The lowest BCUT2D eigenvalue weighted by Crippen LogP contribution is -2.17. The molecule has 2 heterocycles. The first-order chi connectivity index (χ1) is 9.44. The van der Waals surface area contributed by atoms with E-state index in [2.05, 4.69) is 19.7 Å². The number of imidazole rings is 1. The Morgan fingerprint density at radius 1 is 1.35 bits per heavy atom. The zero-order valence-corrected chi connectivity index (χ0v) is 12.4. The molecule has 2 rings (SSSR count). The van der Waals surface area contributed by atoms with Crippen LogP contribution in [0.1, 0.15) is 12.7 Å². The quantitative estimate of drug-likeness (QED) is 0.866. The van der Waals surface area contributed by atoms with Crippen LogP contribution in [0, 0.1) is 0 Å². The van der Waals surface area contributed by atoms with Gasteiger partial charge in [-0.15, -0.1) is 0 Å². The maximum absolute atomic E-state index is 12.3. The van der Waals surface area contributed by atoms with Crippen LogP contribution in [0.4, 0.5) is 11.4 Å². The molecule has 0 aliphatic heterocycles. The predicted octanol–water partition coefficient (Wildman–Crippen LogP) is 1.23. The van der Waals surface area contributed by atoms with Gasteiger partial charge in [0.05, 0.1) is 23.8 Å². The Hall–Kier alpha value is -2.09. The number of hydrogen-bond acceptors (Lipinski definition) is 5. The van der Waals surface area contributed by atoms with E-state index in [0.29, 0.717) is 17.9 Å². The molecule has 2 aromatic heterocycles. The van der Waals surface area contributed by atoms with Crippen LogP contribution in [0.5, 0.6) is 0 Å². The summed E-state index contributed by atoms with van der Waals surface area (Å²) in [5.74, 6) is 0.629. The molecular formula is C12H17N5O2S. The number of pyridine rings is 1. The molecule has 108 valence electrons. The van der Waals surface area contributed by atoms with E-state index < -0.39 is 10.0 Å². The van der Waals surface area contributed by atoms with Crippen LogP contribution in [-0.2, 0) is 16.4 Å². The molecule has 7 nitrogen and oxygen atoms in total. The third kappa shape index (κ3) is 2.90. The molecule has 2 N–H and O–H groups in total. The average Bonchev–Trinajstić information content (AvgIpc) is 2.88. The van der Waals surface area contributed by atoms with Crippen molar-refractivity contribution in [1.82, 2.24) is 15.0 Å². The number of aryl methyl sites for hydroxylation is 1. The molecule has 20 heavy (non-hydrogen) atoms. The summed E-state index contributed by atoms with van der Waals surface area (Å²) in [6.45, 7) is 1.90. The van der Waals surface area contributed by atoms with Gasteiger partial charge in [0, 0.05) is 26.7 Å². The monoisotopic (exact) mass is 295 g/mol. The standard InChI is InChI=1S/C12H17N5O2S/c1-4-11-14-8-12(15-11)20(18,19)16-9-7-13-6-5-10(9)17(2)3/h5-8,16H,4H2,1-3H3,(H,14,15). The van der Waals surface area contributed by atoms with E-state index in [1.54, 1.807) is 12.3 Å². The molecule has 8 heteroatoms. The van der Waals surface area contributed by atoms with Gasteiger partial charge in [-0.1, -0.05) is 6.92 Å². The molecule has 0 aliphatic rings. The summed E-state index contributed by atoms with van der Waals surface area (Å²) >= 11 is 0. The van der Waals surface area contributed by atoms with Gasteiger partial charge in [-0.25, -0.2) is 4.98 Å². The number of aromatic nitrogens is 3. The summed E-state index contributed by atoms with van der Waals surface area (Å²) in [4.78, 5) is 12.5. The first-order valence-corrected chi connectivity index (χ1v) is 7.60. The van der Waals surface area contributed by atoms with E-state index in [1.807, 2.05) is 25.9 Å². The number of hydrogen-bond donors (Lipinski definition) is 2. The minimum absolute atomic E-state index is 0.0444. The summed E-state index contributed by atoms with van der Waals surface area (Å²) in [5, 5.41) is 0.0444. The summed E-state index contributed by atoms with van der Waals surface area (Å²) < 4.78 is 27.1. The number of aromatic amines is 1. The van der Waals surface area contributed by atoms with Crippen LogP contribution in [0.2, 0.25) is 0 Å². The summed E-state index contributed by atoms with van der Waals surface area (Å²) in [7, 11) is -0.0296. The second-order valence-corrected chi connectivity index (χ2v) is 6.09. The van der Waals surface area contributed by atoms with Gasteiger partial charge in [0.1, 0.15) is 5.82 Å². The molecule has 0 aromatic carbocycles. The van der Waals surface area contributed by atoms with E-state index in [9.17, 15) is 8.42 Å². The van der Waals surface area contributed by atoms with Crippen LogP contribution in [0.3, 0.4) is 0 Å². The Kier molecular flexibility index (Phi) is 3.93. The first-order valence-electron chi connectivity index (χ1n) is 6.12. The van der Waals surface area contributed by atoms with E-state index in [-0.39, 0.29) is 5.03 Å². The Labute approximate surface area is 118 Å². The lowest BCUT2D eigenvalue weighted by molar-refractivity contribution is 0.598. The van der Waals surface area contributed by atoms with Crippen LogP contribution >= 0.6 is 0 Å². The normalized spacial score (nSPS) is 11.3. The summed E-state index contributed by atoms with van der Waals surface area (Å²) in [6, 6.07) is 1.74. The SMILES string of the molecule is CCc1ncc(S(=O)(=O)Nc2cnccc2N(C)C)[nH]1. The smallest absolute Gasteiger partial charge is 0.279 e. The van der Waals surface area contributed by atoms with Crippen molar-refractivity contribution in [3.63, 3.8) is 0 Å². The molecule has 0 aliphatic carbocycles. The van der Waals surface area contributed by atoms with Gasteiger partial charge in [0.25, 0.3) is 10.0 Å².